The molecule has 6 nitrogen and oxygen atoms in total. The number of nitrogens with zero attached hydrogens (tertiary/aromatic N) is 5. The normalized spacial score (nSPS) is 10.0. The van der Waals surface area contributed by atoms with Crippen molar-refractivity contribution in [2.75, 3.05) is 0 Å². The Labute approximate surface area is 79.8 Å². The fourth-order valence-corrected chi connectivity index (χ4v) is 1.11. The van der Waals surface area contributed by atoms with Crippen LogP contribution in [0.15, 0.2) is 16.9 Å². The van der Waals surface area contributed by atoms with Gasteiger partial charge in [-0.05, 0) is 0 Å². The number of aryl methyl sites for hydroxylation is 1. The van der Waals surface area contributed by atoms with E-state index in [1.54, 1.807) is 23.9 Å². The number of rotatable bonds is 2. The maximum atomic E-state index is 8.69. The van der Waals surface area contributed by atoms with Crippen molar-refractivity contribution in [3.05, 3.63) is 29.9 Å². The summed E-state index contributed by atoms with van der Waals surface area (Å²) in [4.78, 5) is 7.88. The molecule has 2 rings (SSSR count). The van der Waals surface area contributed by atoms with Crippen molar-refractivity contribution in [3.63, 3.8) is 0 Å². The molecule has 0 aromatic carbocycles. The maximum Gasteiger partial charge on any atom is 0.223 e. The first-order valence-corrected chi connectivity index (χ1v) is 4.00. The second-order valence-electron chi connectivity index (χ2n) is 2.72. The molecule has 0 atom stereocenters. The molecule has 2 aromatic heterocycles. The SMILES string of the molecule is Cc1nc(Cn2ccnc2C#N)no1. The highest BCUT2D eigenvalue weighted by molar-refractivity contribution is 5.12. The molecule has 0 aliphatic rings. The number of hydrogen-bond donors (Lipinski definition) is 0. The summed E-state index contributed by atoms with van der Waals surface area (Å²) in [6, 6.07) is 1.97. The summed E-state index contributed by atoms with van der Waals surface area (Å²) >= 11 is 0. The molecule has 0 aliphatic carbocycles. The number of hydrogen-bond acceptors (Lipinski definition) is 5. The lowest BCUT2D eigenvalue weighted by molar-refractivity contribution is 0.386. The predicted octanol–water partition coefficient (Wildman–Crippen LogP) is 0.494. The van der Waals surface area contributed by atoms with Crippen LogP contribution in [0.4, 0.5) is 0 Å². The van der Waals surface area contributed by atoms with Gasteiger partial charge in [0, 0.05) is 19.3 Å². The first-order valence-electron chi connectivity index (χ1n) is 4.00. The van der Waals surface area contributed by atoms with Crippen molar-refractivity contribution < 1.29 is 4.52 Å². The third kappa shape index (κ3) is 1.47. The topological polar surface area (TPSA) is 80.5 Å². The molecular formula is C8H7N5O. The Morgan fingerprint density at radius 1 is 1.64 bits per heavy atom. The first kappa shape index (κ1) is 8.44. The second kappa shape index (κ2) is 3.30. The largest absolute Gasteiger partial charge is 0.340 e. The third-order valence-electron chi connectivity index (χ3n) is 1.70. The zero-order valence-electron chi connectivity index (χ0n) is 7.51. The monoisotopic (exact) mass is 189 g/mol. The van der Waals surface area contributed by atoms with Gasteiger partial charge in [-0.25, -0.2) is 4.98 Å². The summed E-state index contributed by atoms with van der Waals surface area (Å²) in [5.41, 5.74) is 0. The van der Waals surface area contributed by atoms with Gasteiger partial charge in [0.25, 0.3) is 0 Å². The van der Waals surface area contributed by atoms with Gasteiger partial charge < -0.3 is 9.09 Å². The fourth-order valence-electron chi connectivity index (χ4n) is 1.11. The van der Waals surface area contributed by atoms with Gasteiger partial charge in [-0.2, -0.15) is 10.2 Å². The zero-order chi connectivity index (χ0) is 9.97. The van der Waals surface area contributed by atoms with E-state index in [0.717, 1.165) is 0 Å². The lowest BCUT2D eigenvalue weighted by Gasteiger charge is -1.96. The first-order chi connectivity index (χ1) is 6.79. The number of aromatic nitrogens is 4. The highest BCUT2D eigenvalue weighted by atomic mass is 16.5. The quantitative estimate of drug-likeness (QED) is 0.686. The molecule has 0 aliphatic heterocycles. The van der Waals surface area contributed by atoms with E-state index in [4.69, 9.17) is 9.78 Å². The van der Waals surface area contributed by atoms with Crippen LogP contribution in [0.5, 0.6) is 0 Å². The number of nitriles is 1. The molecule has 0 saturated carbocycles. The van der Waals surface area contributed by atoms with Crippen LogP contribution in [0.1, 0.15) is 17.5 Å². The minimum atomic E-state index is 0.340. The minimum absolute atomic E-state index is 0.340. The lowest BCUT2D eigenvalue weighted by atomic mass is 10.5. The van der Waals surface area contributed by atoms with Crippen LogP contribution in [0.3, 0.4) is 0 Å². The van der Waals surface area contributed by atoms with Crippen LogP contribution >= 0.6 is 0 Å². The number of imidazole rings is 1. The van der Waals surface area contributed by atoms with Crippen molar-refractivity contribution >= 4 is 0 Å². The van der Waals surface area contributed by atoms with Gasteiger partial charge in [0.05, 0.1) is 6.54 Å². The van der Waals surface area contributed by atoms with Crippen LogP contribution in [0.25, 0.3) is 0 Å². The highest BCUT2D eigenvalue weighted by Crippen LogP contribution is 2.01. The Balaban J connectivity index is 2.23. The molecule has 0 fully saturated rings. The molecule has 0 N–H and O–H groups in total. The Hall–Kier alpha value is -2.16. The van der Waals surface area contributed by atoms with Gasteiger partial charge in [-0.3, -0.25) is 0 Å². The molecule has 0 spiro atoms. The van der Waals surface area contributed by atoms with Gasteiger partial charge in [-0.15, -0.1) is 0 Å². The summed E-state index contributed by atoms with van der Waals surface area (Å²) in [6.07, 6.45) is 3.26. The van der Waals surface area contributed by atoms with Crippen molar-refractivity contribution in [3.8, 4) is 6.07 Å². The molecule has 2 heterocycles. The van der Waals surface area contributed by atoms with Crippen LogP contribution in [-0.4, -0.2) is 19.7 Å². The highest BCUT2D eigenvalue weighted by Gasteiger charge is 2.06. The smallest absolute Gasteiger partial charge is 0.223 e. The van der Waals surface area contributed by atoms with E-state index in [0.29, 0.717) is 24.1 Å². The second-order valence-corrected chi connectivity index (χ2v) is 2.72. The molecule has 0 saturated heterocycles. The fraction of sp³-hybridized carbons (Fsp3) is 0.250. The van der Waals surface area contributed by atoms with E-state index in [1.807, 2.05) is 6.07 Å². The molecule has 0 bridgehead atoms. The molecule has 0 unspecified atom stereocenters. The summed E-state index contributed by atoms with van der Waals surface area (Å²) in [5, 5.41) is 12.4. The maximum absolute atomic E-state index is 8.69. The van der Waals surface area contributed by atoms with E-state index < -0.39 is 0 Å². The van der Waals surface area contributed by atoms with Gasteiger partial charge in [0.2, 0.25) is 11.7 Å². The molecule has 2 aromatic rings. The molecular weight excluding hydrogens is 182 g/mol. The average Bonchev–Trinajstić information content (AvgIpc) is 2.76. The molecule has 14 heavy (non-hydrogen) atoms. The minimum Gasteiger partial charge on any atom is -0.340 e. The molecule has 0 radical (unpaired) electrons. The summed E-state index contributed by atoms with van der Waals surface area (Å²) in [7, 11) is 0. The lowest BCUT2D eigenvalue weighted by Crippen LogP contribution is -2.02. The van der Waals surface area contributed by atoms with Crippen LogP contribution in [0, 0.1) is 18.3 Å². The van der Waals surface area contributed by atoms with E-state index in [-0.39, 0.29) is 0 Å². The van der Waals surface area contributed by atoms with Gasteiger partial charge in [0.15, 0.2) is 5.82 Å². The van der Waals surface area contributed by atoms with Crippen LogP contribution < -0.4 is 0 Å². The van der Waals surface area contributed by atoms with Crippen molar-refractivity contribution in [1.82, 2.24) is 19.7 Å². The third-order valence-corrected chi connectivity index (χ3v) is 1.70. The van der Waals surface area contributed by atoms with Gasteiger partial charge >= 0.3 is 0 Å². The Morgan fingerprint density at radius 3 is 3.14 bits per heavy atom. The van der Waals surface area contributed by atoms with Gasteiger partial charge in [-0.1, -0.05) is 5.16 Å². The van der Waals surface area contributed by atoms with Crippen molar-refractivity contribution in [1.29, 1.82) is 5.26 Å². The summed E-state index contributed by atoms with van der Waals surface area (Å²) in [6.45, 7) is 2.12. The van der Waals surface area contributed by atoms with Gasteiger partial charge in [0.1, 0.15) is 6.07 Å². The van der Waals surface area contributed by atoms with Crippen LogP contribution in [0.2, 0.25) is 0 Å². The Bertz CT molecular complexity index is 478. The summed E-state index contributed by atoms with van der Waals surface area (Å²) in [5.74, 6) is 1.39. The Morgan fingerprint density at radius 2 is 2.50 bits per heavy atom. The van der Waals surface area contributed by atoms with Crippen molar-refractivity contribution in [2.24, 2.45) is 0 Å². The van der Waals surface area contributed by atoms with Crippen molar-refractivity contribution in [2.45, 2.75) is 13.5 Å². The average molecular weight is 189 g/mol. The van der Waals surface area contributed by atoms with E-state index >= 15 is 0 Å². The zero-order valence-corrected chi connectivity index (χ0v) is 7.51. The Kier molecular flexibility index (Phi) is 1.99. The molecule has 70 valence electrons. The standard InChI is InChI=1S/C8H7N5O/c1-6-11-7(12-14-6)5-13-3-2-10-8(13)4-9/h2-3H,5H2,1H3. The predicted molar refractivity (Wildman–Crippen MR) is 45.1 cm³/mol. The molecule has 6 heteroatoms. The van der Waals surface area contributed by atoms with Crippen LogP contribution in [-0.2, 0) is 6.54 Å². The summed E-state index contributed by atoms with van der Waals surface area (Å²) < 4.78 is 6.47. The molecule has 0 amide bonds. The van der Waals surface area contributed by atoms with E-state index in [9.17, 15) is 0 Å². The van der Waals surface area contributed by atoms with E-state index in [1.165, 1.54) is 0 Å². The van der Waals surface area contributed by atoms with E-state index in [2.05, 4.69) is 15.1 Å².